The van der Waals surface area contributed by atoms with Gasteiger partial charge in [-0.15, -0.1) is 0 Å². The maximum Gasteiger partial charge on any atom is 0.226 e. The molecule has 3 rings (SSSR count). The van der Waals surface area contributed by atoms with Crippen LogP contribution < -0.4 is 5.73 Å². The third kappa shape index (κ3) is 2.22. The van der Waals surface area contributed by atoms with Gasteiger partial charge in [-0.2, -0.15) is 4.98 Å². The average Bonchev–Trinajstić information content (AvgIpc) is 3.05. The van der Waals surface area contributed by atoms with E-state index in [9.17, 15) is 0 Å². The fourth-order valence-electron chi connectivity index (χ4n) is 1.77. The van der Waals surface area contributed by atoms with Gasteiger partial charge < -0.3 is 10.3 Å². The SMILES string of the molecule is CCc1nc(-c2sc(N)nc2-c2ccccc2)no1. The Morgan fingerprint density at radius 2 is 2.00 bits per heavy atom. The molecule has 0 spiro atoms. The normalized spacial score (nSPS) is 10.8. The van der Waals surface area contributed by atoms with Crippen molar-refractivity contribution in [3.63, 3.8) is 0 Å². The molecule has 0 fully saturated rings. The molecule has 2 N–H and O–H groups in total. The largest absolute Gasteiger partial charge is 0.375 e. The molecule has 0 saturated carbocycles. The Morgan fingerprint density at radius 3 is 2.68 bits per heavy atom. The van der Waals surface area contributed by atoms with Crippen LogP contribution in [0.1, 0.15) is 12.8 Å². The number of hydrogen-bond donors (Lipinski definition) is 1. The summed E-state index contributed by atoms with van der Waals surface area (Å²) >= 11 is 1.37. The molecular weight excluding hydrogens is 260 g/mol. The second-order valence-electron chi connectivity index (χ2n) is 3.96. The van der Waals surface area contributed by atoms with E-state index >= 15 is 0 Å². The molecule has 96 valence electrons. The molecule has 0 aliphatic carbocycles. The van der Waals surface area contributed by atoms with Gasteiger partial charge in [-0.25, -0.2) is 4.98 Å². The van der Waals surface area contributed by atoms with Gasteiger partial charge in [-0.05, 0) is 0 Å². The Hall–Kier alpha value is -2.21. The van der Waals surface area contributed by atoms with Gasteiger partial charge in [0, 0.05) is 12.0 Å². The predicted molar refractivity (Wildman–Crippen MR) is 74.6 cm³/mol. The first kappa shape index (κ1) is 11.9. The zero-order valence-electron chi connectivity index (χ0n) is 10.3. The molecule has 3 aromatic rings. The summed E-state index contributed by atoms with van der Waals surface area (Å²) in [5.41, 5.74) is 7.61. The molecule has 0 atom stereocenters. The van der Waals surface area contributed by atoms with Crippen LogP contribution in [0.15, 0.2) is 34.9 Å². The van der Waals surface area contributed by atoms with Gasteiger partial charge in [0.05, 0.1) is 5.69 Å². The Bertz CT molecular complexity index is 690. The van der Waals surface area contributed by atoms with E-state index in [0.29, 0.717) is 23.3 Å². The maximum absolute atomic E-state index is 5.81. The highest BCUT2D eigenvalue weighted by molar-refractivity contribution is 7.19. The van der Waals surface area contributed by atoms with Crippen LogP contribution in [0.2, 0.25) is 0 Å². The zero-order valence-corrected chi connectivity index (χ0v) is 11.1. The van der Waals surface area contributed by atoms with Crippen molar-refractivity contribution in [1.29, 1.82) is 0 Å². The number of benzene rings is 1. The number of aromatic nitrogens is 3. The highest BCUT2D eigenvalue weighted by Crippen LogP contribution is 2.36. The summed E-state index contributed by atoms with van der Waals surface area (Å²) in [6.07, 6.45) is 0.710. The number of hydrogen-bond acceptors (Lipinski definition) is 6. The predicted octanol–water partition coefficient (Wildman–Crippen LogP) is 3.00. The van der Waals surface area contributed by atoms with E-state index in [2.05, 4.69) is 15.1 Å². The highest BCUT2D eigenvalue weighted by atomic mass is 32.1. The number of nitrogens with zero attached hydrogens (tertiary/aromatic N) is 3. The van der Waals surface area contributed by atoms with Gasteiger partial charge in [0.25, 0.3) is 0 Å². The molecular formula is C13H12N4OS. The number of anilines is 1. The molecule has 6 heteroatoms. The van der Waals surface area contributed by atoms with Gasteiger partial charge in [0.15, 0.2) is 5.13 Å². The summed E-state index contributed by atoms with van der Waals surface area (Å²) in [5, 5.41) is 4.48. The van der Waals surface area contributed by atoms with Crippen LogP contribution >= 0.6 is 11.3 Å². The van der Waals surface area contributed by atoms with Crippen molar-refractivity contribution in [2.45, 2.75) is 13.3 Å². The first-order valence-corrected chi connectivity index (χ1v) is 6.74. The number of aryl methyl sites for hydroxylation is 1. The molecule has 2 aromatic heterocycles. The lowest BCUT2D eigenvalue weighted by atomic mass is 10.1. The zero-order chi connectivity index (χ0) is 13.2. The summed E-state index contributed by atoms with van der Waals surface area (Å²) in [7, 11) is 0. The van der Waals surface area contributed by atoms with Crippen molar-refractivity contribution >= 4 is 16.5 Å². The molecule has 5 nitrogen and oxygen atoms in total. The summed E-state index contributed by atoms with van der Waals surface area (Å²) in [5.74, 6) is 1.16. The molecule has 0 bridgehead atoms. The fourth-order valence-corrected chi connectivity index (χ4v) is 2.55. The van der Waals surface area contributed by atoms with Crippen LogP contribution in [-0.2, 0) is 6.42 Å². The summed E-state index contributed by atoms with van der Waals surface area (Å²) in [6, 6.07) is 9.85. The molecule has 2 heterocycles. The molecule has 19 heavy (non-hydrogen) atoms. The van der Waals surface area contributed by atoms with Gasteiger partial charge in [-0.1, -0.05) is 53.7 Å². The van der Waals surface area contributed by atoms with Gasteiger partial charge in [0.1, 0.15) is 4.88 Å². The lowest BCUT2D eigenvalue weighted by Crippen LogP contribution is -1.85. The monoisotopic (exact) mass is 272 g/mol. The molecule has 0 aliphatic heterocycles. The topological polar surface area (TPSA) is 77.8 Å². The van der Waals surface area contributed by atoms with Crippen molar-refractivity contribution in [1.82, 2.24) is 15.1 Å². The van der Waals surface area contributed by atoms with E-state index in [0.717, 1.165) is 16.1 Å². The van der Waals surface area contributed by atoms with Crippen LogP contribution in [0.3, 0.4) is 0 Å². The van der Waals surface area contributed by atoms with Crippen LogP contribution in [0.5, 0.6) is 0 Å². The van der Waals surface area contributed by atoms with E-state index < -0.39 is 0 Å². The Kier molecular flexibility index (Phi) is 3.00. The van der Waals surface area contributed by atoms with E-state index in [1.807, 2.05) is 37.3 Å². The van der Waals surface area contributed by atoms with Crippen molar-refractivity contribution in [2.24, 2.45) is 0 Å². The Morgan fingerprint density at radius 1 is 1.21 bits per heavy atom. The van der Waals surface area contributed by atoms with Gasteiger partial charge >= 0.3 is 0 Å². The van der Waals surface area contributed by atoms with Crippen LogP contribution in [-0.4, -0.2) is 15.1 Å². The minimum Gasteiger partial charge on any atom is -0.375 e. The lowest BCUT2D eigenvalue weighted by molar-refractivity contribution is 0.383. The van der Waals surface area contributed by atoms with Gasteiger partial charge in [-0.3, -0.25) is 0 Å². The van der Waals surface area contributed by atoms with Crippen molar-refractivity contribution in [3.05, 3.63) is 36.2 Å². The minimum atomic E-state index is 0.497. The lowest BCUT2D eigenvalue weighted by Gasteiger charge is -1.97. The molecule has 0 radical (unpaired) electrons. The van der Waals surface area contributed by atoms with Crippen molar-refractivity contribution < 1.29 is 4.52 Å². The van der Waals surface area contributed by atoms with Gasteiger partial charge in [0.2, 0.25) is 11.7 Å². The third-order valence-electron chi connectivity index (χ3n) is 2.66. The minimum absolute atomic E-state index is 0.497. The van der Waals surface area contributed by atoms with Crippen molar-refractivity contribution in [2.75, 3.05) is 5.73 Å². The van der Waals surface area contributed by atoms with E-state index in [1.54, 1.807) is 0 Å². The standard InChI is InChI=1S/C13H12N4OS/c1-2-9-15-12(17-18-9)11-10(16-13(14)19-11)8-6-4-3-5-7-8/h3-7H,2H2,1H3,(H2,14,16). The summed E-state index contributed by atoms with van der Waals surface area (Å²) in [6.45, 7) is 1.97. The number of nitrogens with two attached hydrogens (primary N) is 1. The quantitative estimate of drug-likeness (QED) is 0.793. The van der Waals surface area contributed by atoms with Crippen LogP contribution in [0.25, 0.3) is 22.0 Å². The second kappa shape index (κ2) is 4.81. The van der Waals surface area contributed by atoms with Crippen molar-refractivity contribution in [3.8, 4) is 22.0 Å². The third-order valence-corrected chi connectivity index (χ3v) is 3.55. The second-order valence-corrected chi connectivity index (χ2v) is 4.99. The summed E-state index contributed by atoms with van der Waals surface area (Å²) < 4.78 is 5.15. The fraction of sp³-hybridized carbons (Fsp3) is 0.154. The first-order chi connectivity index (χ1) is 9.28. The van der Waals surface area contributed by atoms with E-state index in [4.69, 9.17) is 10.3 Å². The average molecular weight is 272 g/mol. The first-order valence-electron chi connectivity index (χ1n) is 5.92. The van der Waals surface area contributed by atoms with E-state index in [1.165, 1.54) is 11.3 Å². The van der Waals surface area contributed by atoms with E-state index in [-0.39, 0.29) is 0 Å². The number of rotatable bonds is 3. The highest BCUT2D eigenvalue weighted by Gasteiger charge is 2.18. The molecule has 0 unspecified atom stereocenters. The molecule has 0 aliphatic rings. The van der Waals surface area contributed by atoms with Crippen LogP contribution in [0, 0.1) is 0 Å². The van der Waals surface area contributed by atoms with Crippen LogP contribution in [0.4, 0.5) is 5.13 Å². The molecule has 1 aromatic carbocycles. The number of nitrogen functional groups attached to an aromatic ring is 1. The molecule has 0 saturated heterocycles. The maximum atomic E-state index is 5.81. The number of thiazole rings is 1. The smallest absolute Gasteiger partial charge is 0.226 e. The Labute approximate surface area is 114 Å². The summed E-state index contributed by atoms with van der Waals surface area (Å²) in [4.78, 5) is 9.54. The Balaban J connectivity index is 2.12. The molecule has 0 amide bonds.